The minimum Gasteiger partial charge on any atom is -0.308 e. The second kappa shape index (κ2) is 5.11. The first kappa shape index (κ1) is 13.1. The Kier molecular flexibility index (Phi) is 3.72. The minimum atomic E-state index is -0.614. The second-order valence-corrected chi connectivity index (χ2v) is 4.56. The first-order valence-corrected chi connectivity index (χ1v) is 6.00. The smallest absolute Gasteiger partial charge is 0.153 e. The van der Waals surface area contributed by atoms with Crippen LogP contribution in [0.1, 0.15) is 17.3 Å². The first-order chi connectivity index (χ1) is 8.52. The summed E-state index contributed by atoms with van der Waals surface area (Å²) in [5, 5.41) is 10.7. The number of hydrogen-bond donors (Lipinski definition) is 1. The Bertz CT molecular complexity index is 530. The minimum absolute atomic E-state index is 0.399. The van der Waals surface area contributed by atoms with Gasteiger partial charge in [0.15, 0.2) is 4.60 Å². The molecule has 1 unspecified atom stereocenters. The summed E-state index contributed by atoms with van der Waals surface area (Å²) in [5.41, 5.74) is 1.17. The van der Waals surface area contributed by atoms with Gasteiger partial charge in [0.05, 0.1) is 11.7 Å². The number of benzene rings is 1. The number of rotatable bonds is 3. The molecule has 0 aliphatic heterocycles. The summed E-state index contributed by atoms with van der Waals surface area (Å²) in [4.78, 5) is 0. The van der Waals surface area contributed by atoms with Crippen molar-refractivity contribution < 1.29 is 8.78 Å². The standard InChI is InChI=1S/C11H11BrF2N4/c1-15-9(10-11(12)16-17-18(10)2)6-3-7(13)5-8(14)4-6/h3-5,9,15H,1-2H3. The Hall–Kier alpha value is -1.34. The van der Waals surface area contributed by atoms with Crippen molar-refractivity contribution in [2.45, 2.75) is 6.04 Å². The van der Waals surface area contributed by atoms with Crippen LogP contribution in [-0.4, -0.2) is 22.0 Å². The molecule has 1 aromatic heterocycles. The molecule has 2 aromatic rings. The molecule has 18 heavy (non-hydrogen) atoms. The van der Waals surface area contributed by atoms with Crippen LogP contribution in [0, 0.1) is 11.6 Å². The summed E-state index contributed by atoms with van der Waals surface area (Å²) < 4.78 is 28.6. The Labute approximate surface area is 111 Å². The fraction of sp³-hybridized carbons (Fsp3) is 0.273. The molecule has 0 saturated carbocycles. The molecule has 7 heteroatoms. The largest absolute Gasteiger partial charge is 0.308 e. The number of aromatic nitrogens is 3. The lowest BCUT2D eigenvalue weighted by Crippen LogP contribution is -2.21. The monoisotopic (exact) mass is 316 g/mol. The van der Waals surface area contributed by atoms with Gasteiger partial charge in [-0.05, 0) is 40.7 Å². The summed E-state index contributed by atoms with van der Waals surface area (Å²) in [6, 6.07) is 3.00. The number of hydrogen-bond acceptors (Lipinski definition) is 3. The van der Waals surface area contributed by atoms with Gasteiger partial charge in [0, 0.05) is 13.1 Å². The van der Waals surface area contributed by atoms with Gasteiger partial charge in [0.1, 0.15) is 11.6 Å². The third-order valence-electron chi connectivity index (χ3n) is 2.61. The number of nitrogens with one attached hydrogen (secondary N) is 1. The zero-order chi connectivity index (χ0) is 13.3. The van der Waals surface area contributed by atoms with Crippen LogP contribution in [0.5, 0.6) is 0 Å². The van der Waals surface area contributed by atoms with Crippen LogP contribution in [-0.2, 0) is 7.05 Å². The molecule has 1 N–H and O–H groups in total. The van der Waals surface area contributed by atoms with E-state index in [1.165, 1.54) is 12.1 Å². The highest BCUT2D eigenvalue weighted by Crippen LogP contribution is 2.27. The molecule has 1 atom stereocenters. The van der Waals surface area contributed by atoms with Crippen LogP contribution in [0.15, 0.2) is 22.8 Å². The van der Waals surface area contributed by atoms with E-state index in [1.807, 2.05) is 0 Å². The quantitative estimate of drug-likeness (QED) is 0.943. The van der Waals surface area contributed by atoms with Crippen molar-refractivity contribution in [2.75, 3.05) is 7.05 Å². The third kappa shape index (κ3) is 2.41. The van der Waals surface area contributed by atoms with Crippen LogP contribution >= 0.6 is 15.9 Å². The summed E-state index contributed by atoms with van der Waals surface area (Å²) in [7, 11) is 3.42. The van der Waals surface area contributed by atoms with Gasteiger partial charge < -0.3 is 5.32 Å². The van der Waals surface area contributed by atoms with Crippen LogP contribution in [0.4, 0.5) is 8.78 Å². The zero-order valence-electron chi connectivity index (χ0n) is 9.78. The maximum Gasteiger partial charge on any atom is 0.153 e. The van der Waals surface area contributed by atoms with Crippen LogP contribution < -0.4 is 5.32 Å². The van der Waals surface area contributed by atoms with Crippen LogP contribution in [0.3, 0.4) is 0 Å². The molecule has 0 aliphatic rings. The van der Waals surface area contributed by atoms with Crippen molar-refractivity contribution in [3.8, 4) is 0 Å². The lowest BCUT2D eigenvalue weighted by atomic mass is 10.0. The van der Waals surface area contributed by atoms with Gasteiger partial charge in [-0.2, -0.15) is 0 Å². The van der Waals surface area contributed by atoms with Gasteiger partial charge in [-0.15, -0.1) is 5.10 Å². The topological polar surface area (TPSA) is 42.7 Å². The van der Waals surface area contributed by atoms with Crippen molar-refractivity contribution in [3.63, 3.8) is 0 Å². The Balaban J connectivity index is 2.52. The summed E-state index contributed by atoms with van der Waals surface area (Å²) in [6.45, 7) is 0. The molecule has 0 spiro atoms. The predicted octanol–water partition coefficient (Wildman–Crippen LogP) is 2.16. The highest BCUT2D eigenvalue weighted by atomic mass is 79.9. The maximum atomic E-state index is 13.2. The molecule has 0 fully saturated rings. The highest BCUT2D eigenvalue weighted by Gasteiger charge is 2.21. The summed E-state index contributed by atoms with van der Waals surface area (Å²) >= 11 is 3.27. The normalized spacial score (nSPS) is 12.7. The van der Waals surface area contributed by atoms with Gasteiger partial charge >= 0.3 is 0 Å². The van der Waals surface area contributed by atoms with Crippen molar-refractivity contribution in [1.82, 2.24) is 20.3 Å². The van der Waals surface area contributed by atoms with Gasteiger partial charge in [0.25, 0.3) is 0 Å². The lowest BCUT2D eigenvalue weighted by molar-refractivity contribution is 0.559. The lowest BCUT2D eigenvalue weighted by Gasteiger charge is -2.17. The molecule has 4 nitrogen and oxygen atoms in total. The molecular weight excluding hydrogens is 306 g/mol. The molecule has 0 radical (unpaired) electrons. The summed E-state index contributed by atoms with van der Waals surface area (Å²) in [6.07, 6.45) is 0. The average molecular weight is 317 g/mol. The molecule has 2 rings (SSSR count). The van der Waals surface area contributed by atoms with Crippen molar-refractivity contribution >= 4 is 15.9 Å². The van der Waals surface area contributed by atoms with Crippen molar-refractivity contribution in [1.29, 1.82) is 0 Å². The molecule has 96 valence electrons. The molecular formula is C11H11BrF2N4. The van der Waals surface area contributed by atoms with Crippen molar-refractivity contribution in [3.05, 3.63) is 45.7 Å². The van der Waals surface area contributed by atoms with E-state index in [1.54, 1.807) is 18.8 Å². The first-order valence-electron chi connectivity index (χ1n) is 5.21. The maximum absolute atomic E-state index is 13.2. The molecule has 1 aromatic carbocycles. The zero-order valence-corrected chi connectivity index (χ0v) is 11.4. The fourth-order valence-electron chi connectivity index (χ4n) is 1.85. The van der Waals surface area contributed by atoms with E-state index in [0.717, 1.165) is 6.07 Å². The van der Waals surface area contributed by atoms with Crippen molar-refractivity contribution in [2.24, 2.45) is 7.05 Å². The molecule has 0 saturated heterocycles. The number of halogens is 3. The van der Waals surface area contributed by atoms with E-state index in [0.29, 0.717) is 15.9 Å². The second-order valence-electron chi connectivity index (χ2n) is 3.81. The Morgan fingerprint density at radius 3 is 2.33 bits per heavy atom. The van der Waals surface area contributed by atoms with E-state index in [-0.39, 0.29) is 0 Å². The summed E-state index contributed by atoms with van der Waals surface area (Å²) in [5.74, 6) is -1.23. The molecule has 0 aliphatic carbocycles. The van der Waals surface area contributed by atoms with E-state index < -0.39 is 17.7 Å². The van der Waals surface area contributed by atoms with E-state index in [9.17, 15) is 8.78 Å². The van der Waals surface area contributed by atoms with Gasteiger partial charge in [0.2, 0.25) is 0 Å². The molecule has 0 amide bonds. The van der Waals surface area contributed by atoms with Gasteiger partial charge in [-0.3, -0.25) is 0 Å². The predicted molar refractivity (Wildman–Crippen MR) is 66.0 cm³/mol. The van der Waals surface area contributed by atoms with Crippen LogP contribution in [0.25, 0.3) is 0 Å². The Morgan fingerprint density at radius 1 is 1.28 bits per heavy atom. The van der Waals surface area contributed by atoms with E-state index in [2.05, 4.69) is 31.6 Å². The van der Waals surface area contributed by atoms with E-state index >= 15 is 0 Å². The fourth-order valence-corrected chi connectivity index (χ4v) is 2.40. The number of aryl methyl sites for hydroxylation is 1. The number of nitrogens with zero attached hydrogens (tertiary/aromatic N) is 3. The van der Waals surface area contributed by atoms with Gasteiger partial charge in [-0.1, -0.05) is 5.21 Å². The molecule has 0 bridgehead atoms. The average Bonchev–Trinajstić information content (AvgIpc) is 2.61. The molecule has 1 heterocycles. The Morgan fingerprint density at radius 2 is 1.89 bits per heavy atom. The SMILES string of the molecule is CNC(c1cc(F)cc(F)c1)c1c(Br)nnn1C. The third-order valence-corrected chi connectivity index (χ3v) is 3.17. The highest BCUT2D eigenvalue weighted by molar-refractivity contribution is 9.10. The van der Waals surface area contributed by atoms with Crippen LogP contribution in [0.2, 0.25) is 0 Å². The van der Waals surface area contributed by atoms with E-state index in [4.69, 9.17) is 0 Å². The van der Waals surface area contributed by atoms with Gasteiger partial charge in [-0.25, -0.2) is 13.5 Å².